The molecule has 5 rings (SSSR count). The van der Waals surface area contributed by atoms with Crippen LogP contribution < -0.4 is 15.4 Å². The summed E-state index contributed by atoms with van der Waals surface area (Å²) in [5.41, 5.74) is 2.68. The third-order valence-electron chi connectivity index (χ3n) is 7.22. The first-order valence-corrected chi connectivity index (χ1v) is 13.2. The van der Waals surface area contributed by atoms with Crippen LogP contribution in [-0.4, -0.2) is 51.3 Å². The zero-order valence-corrected chi connectivity index (χ0v) is 22.5. The van der Waals surface area contributed by atoms with Gasteiger partial charge in [0.25, 0.3) is 5.56 Å². The van der Waals surface area contributed by atoms with Crippen LogP contribution in [0, 0.1) is 11.7 Å². The van der Waals surface area contributed by atoms with E-state index >= 15 is 0 Å². The smallest absolute Gasteiger partial charge is 0.310 e. The fourth-order valence-electron chi connectivity index (χ4n) is 4.97. The summed E-state index contributed by atoms with van der Waals surface area (Å²) in [7, 11) is 1.92. The molecule has 0 aliphatic carbocycles. The number of hydrogen-bond donors (Lipinski definition) is 0. The number of piperidine rings is 1. The SMILES string of the molecule is CC(C)C(=O)OCn1c(N(C)C2CCN(c3nc4ccccc4n3Cc3ccc(F)cc3)CC2)nccc1=O. The number of anilines is 2. The van der Waals surface area contributed by atoms with E-state index in [1.165, 1.54) is 29.0 Å². The van der Waals surface area contributed by atoms with Crippen LogP contribution in [0.4, 0.5) is 16.3 Å². The van der Waals surface area contributed by atoms with Crippen LogP contribution in [0.15, 0.2) is 65.6 Å². The lowest BCUT2D eigenvalue weighted by molar-refractivity contribution is -0.151. The number of imidazole rings is 1. The van der Waals surface area contributed by atoms with E-state index in [1.807, 2.05) is 30.1 Å². The second-order valence-electron chi connectivity index (χ2n) is 10.2. The summed E-state index contributed by atoms with van der Waals surface area (Å²) < 4.78 is 22.4. The summed E-state index contributed by atoms with van der Waals surface area (Å²) in [6, 6.07) is 16.1. The van der Waals surface area contributed by atoms with Gasteiger partial charge in [0.1, 0.15) is 5.82 Å². The molecular weight excluding hydrogens is 499 g/mol. The van der Waals surface area contributed by atoms with Crippen LogP contribution in [0.2, 0.25) is 0 Å². The Hall–Kier alpha value is -4.21. The number of nitrogens with zero attached hydrogens (tertiary/aromatic N) is 6. The predicted octanol–water partition coefficient (Wildman–Crippen LogP) is 4.04. The molecule has 1 aliphatic rings. The molecule has 0 unspecified atom stereocenters. The minimum absolute atomic E-state index is 0.137. The number of benzene rings is 2. The van der Waals surface area contributed by atoms with E-state index < -0.39 is 0 Å². The second-order valence-corrected chi connectivity index (χ2v) is 10.2. The molecule has 9 nitrogen and oxygen atoms in total. The molecule has 2 aromatic carbocycles. The van der Waals surface area contributed by atoms with Crippen molar-refractivity contribution >= 4 is 28.9 Å². The summed E-state index contributed by atoms with van der Waals surface area (Å²) >= 11 is 0. The number of ether oxygens (including phenoxy) is 1. The van der Waals surface area contributed by atoms with Crippen LogP contribution in [-0.2, 0) is 22.8 Å². The number of para-hydroxylation sites is 2. The summed E-state index contributed by atoms with van der Waals surface area (Å²) in [4.78, 5) is 38.3. The minimum Gasteiger partial charge on any atom is -0.443 e. The highest BCUT2D eigenvalue weighted by Gasteiger charge is 2.28. The molecule has 2 aromatic heterocycles. The van der Waals surface area contributed by atoms with Crippen molar-refractivity contribution in [3.63, 3.8) is 0 Å². The highest BCUT2D eigenvalue weighted by molar-refractivity contribution is 5.79. The Labute approximate surface area is 226 Å². The maximum Gasteiger partial charge on any atom is 0.310 e. The Balaban J connectivity index is 1.33. The molecule has 0 amide bonds. The van der Waals surface area contributed by atoms with Crippen molar-refractivity contribution in [3.05, 3.63) is 82.5 Å². The van der Waals surface area contributed by atoms with E-state index in [2.05, 4.69) is 20.5 Å². The summed E-state index contributed by atoms with van der Waals surface area (Å²) in [6.07, 6.45) is 3.14. The van der Waals surface area contributed by atoms with Gasteiger partial charge in [-0.15, -0.1) is 0 Å². The van der Waals surface area contributed by atoms with Gasteiger partial charge in [0.15, 0.2) is 6.73 Å². The first-order valence-electron chi connectivity index (χ1n) is 13.2. The standard InChI is InChI=1S/C29H33FN6O3/c1-20(2)27(38)39-19-36-26(37)12-15-31-28(36)33(3)23-13-16-34(17-14-23)29-32-24-6-4-5-7-25(24)35(29)18-21-8-10-22(30)11-9-21/h4-12,15,20,23H,13-14,16-19H2,1-3H3. The van der Waals surface area contributed by atoms with Gasteiger partial charge in [-0.1, -0.05) is 38.1 Å². The number of hydrogen-bond acceptors (Lipinski definition) is 7. The summed E-state index contributed by atoms with van der Waals surface area (Å²) in [5, 5.41) is 0. The molecule has 39 heavy (non-hydrogen) atoms. The molecule has 1 fully saturated rings. The maximum atomic E-state index is 13.5. The molecule has 0 atom stereocenters. The van der Waals surface area contributed by atoms with Crippen LogP contribution in [0.3, 0.4) is 0 Å². The third-order valence-corrected chi connectivity index (χ3v) is 7.22. The predicted molar refractivity (Wildman–Crippen MR) is 148 cm³/mol. The number of aromatic nitrogens is 4. The van der Waals surface area contributed by atoms with E-state index in [0.717, 1.165) is 48.5 Å². The molecule has 1 saturated heterocycles. The number of rotatable bonds is 8. The molecule has 204 valence electrons. The Morgan fingerprint density at radius 1 is 1.08 bits per heavy atom. The lowest BCUT2D eigenvalue weighted by Gasteiger charge is -2.38. The first-order chi connectivity index (χ1) is 18.8. The fraction of sp³-hybridized carbons (Fsp3) is 0.379. The van der Waals surface area contributed by atoms with Gasteiger partial charge in [-0.25, -0.2) is 18.9 Å². The molecule has 0 radical (unpaired) electrons. The van der Waals surface area contributed by atoms with Crippen LogP contribution >= 0.6 is 0 Å². The van der Waals surface area contributed by atoms with Crippen molar-refractivity contribution in [2.75, 3.05) is 29.9 Å². The van der Waals surface area contributed by atoms with Crippen molar-refractivity contribution in [2.24, 2.45) is 5.92 Å². The largest absolute Gasteiger partial charge is 0.443 e. The zero-order valence-electron chi connectivity index (χ0n) is 22.5. The van der Waals surface area contributed by atoms with Gasteiger partial charge in [-0.3, -0.25) is 9.59 Å². The zero-order chi connectivity index (χ0) is 27.5. The average Bonchev–Trinajstić information content (AvgIpc) is 3.31. The topological polar surface area (TPSA) is 85.5 Å². The molecule has 1 aliphatic heterocycles. The quantitative estimate of drug-likeness (QED) is 0.317. The van der Waals surface area contributed by atoms with Crippen LogP contribution in [0.25, 0.3) is 11.0 Å². The van der Waals surface area contributed by atoms with Crippen LogP contribution in [0.1, 0.15) is 32.3 Å². The van der Waals surface area contributed by atoms with Gasteiger partial charge in [-0.2, -0.15) is 0 Å². The average molecular weight is 533 g/mol. The molecule has 0 spiro atoms. The molecule has 0 N–H and O–H groups in total. The van der Waals surface area contributed by atoms with E-state index in [4.69, 9.17) is 9.72 Å². The van der Waals surface area contributed by atoms with E-state index in [0.29, 0.717) is 12.5 Å². The van der Waals surface area contributed by atoms with Gasteiger partial charge < -0.3 is 19.1 Å². The highest BCUT2D eigenvalue weighted by atomic mass is 19.1. The van der Waals surface area contributed by atoms with Crippen molar-refractivity contribution in [3.8, 4) is 0 Å². The number of halogens is 1. The summed E-state index contributed by atoms with van der Waals surface area (Å²) in [6.45, 7) is 5.45. The number of carbonyl (C=O) groups is 1. The van der Waals surface area contributed by atoms with Crippen molar-refractivity contribution in [2.45, 2.75) is 46.0 Å². The monoisotopic (exact) mass is 532 g/mol. The molecule has 0 bridgehead atoms. The summed E-state index contributed by atoms with van der Waals surface area (Å²) in [5.74, 6) is 0.460. The first kappa shape index (κ1) is 26.4. The minimum atomic E-state index is -0.365. The Morgan fingerprint density at radius 2 is 1.79 bits per heavy atom. The fourth-order valence-corrected chi connectivity index (χ4v) is 4.97. The maximum absolute atomic E-state index is 13.5. The Bertz CT molecular complexity index is 1510. The van der Waals surface area contributed by atoms with Gasteiger partial charge in [0.05, 0.1) is 23.5 Å². The molecule has 3 heterocycles. The number of esters is 1. The van der Waals surface area contributed by atoms with E-state index in [9.17, 15) is 14.0 Å². The molecule has 4 aromatic rings. The van der Waals surface area contributed by atoms with Crippen molar-refractivity contribution in [1.29, 1.82) is 0 Å². The third kappa shape index (κ3) is 5.64. The normalized spacial score (nSPS) is 14.2. The number of carbonyl (C=O) groups excluding carboxylic acids is 1. The van der Waals surface area contributed by atoms with Crippen LogP contribution in [0.5, 0.6) is 0 Å². The van der Waals surface area contributed by atoms with Gasteiger partial charge in [0, 0.05) is 38.4 Å². The van der Waals surface area contributed by atoms with Crippen molar-refractivity contribution in [1.82, 2.24) is 19.1 Å². The Kier molecular flexibility index (Phi) is 7.63. The number of fused-ring (bicyclic) bond motifs is 1. The Morgan fingerprint density at radius 3 is 2.51 bits per heavy atom. The molecular formula is C29H33FN6O3. The lowest BCUT2D eigenvalue weighted by atomic mass is 10.0. The molecule has 10 heteroatoms. The lowest BCUT2D eigenvalue weighted by Crippen LogP contribution is -2.46. The second kappa shape index (κ2) is 11.3. The molecule has 0 saturated carbocycles. The van der Waals surface area contributed by atoms with E-state index in [1.54, 1.807) is 26.0 Å². The van der Waals surface area contributed by atoms with Gasteiger partial charge in [-0.05, 0) is 42.7 Å². The van der Waals surface area contributed by atoms with Crippen molar-refractivity contribution < 1.29 is 13.9 Å². The highest BCUT2D eigenvalue weighted by Crippen LogP contribution is 2.28. The van der Waals surface area contributed by atoms with Gasteiger partial charge in [0.2, 0.25) is 11.9 Å². The van der Waals surface area contributed by atoms with E-state index in [-0.39, 0.29) is 36.0 Å². The van der Waals surface area contributed by atoms with Gasteiger partial charge >= 0.3 is 5.97 Å².